The number of carbonyl (C=O) groups excluding carboxylic acids is 4. The van der Waals surface area contributed by atoms with Gasteiger partial charge in [-0.1, -0.05) is 0 Å². The summed E-state index contributed by atoms with van der Waals surface area (Å²) in [6.45, 7) is -1.26. The van der Waals surface area contributed by atoms with Crippen molar-refractivity contribution < 1.29 is 65.6 Å². The van der Waals surface area contributed by atoms with Crippen molar-refractivity contribution in [3.63, 3.8) is 0 Å². The molecule has 6 rings (SSSR count). The van der Waals surface area contributed by atoms with Gasteiger partial charge in [0.2, 0.25) is 24.3 Å². The van der Waals surface area contributed by atoms with E-state index in [9.17, 15) is 46.6 Å². The number of rotatable bonds is 10. The Morgan fingerprint density at radius 3 is 2.49 bits per heavy atom. The van der Waals surface area contributed by atoms with Gasteiger partial charge in [-0.2, -0.15) is 8.78 Å². The first-order valence-corrected chi connectivity index (χ1v) is 15.0. The van der Waals surface area contributed by atoms with Crippen LogP contribution in [0.1, 0.15) is 36.4 Å². The van der Waals surface area contributed by atoms with Crippen molar-refractivity contribution >= 4 is 29.5 Å². The molecule has 258 valence electrons. The lowest BCUT2D eigenvalue weighted by Gasteiger charge is -2.31. The third-order valence-electron chi connectivity index (χ3n) is 8.47. The molecule has 13 nitrogen and oxygen atoms in total. The highest BCUT2D eigenvalue weighted by atomic mass is 19.2. The molecule has 0 spiro atoms. The second-order valence-corrected chi connectivity index (χ2v) is 11.6. The summed E-state index contributed by atoms with van der Waals surface area (Å²) >= 11 is 0. The van der Waals surface area contributed by atoms with Gasteiger partial charge in [0.05, 0.1) is 18.3 Å². The van der Waals surface area contributed by atoms with E-state index in [2.05, 4.69) is 15.4 Å². The Hall–Kier alpha value is -5.61. The Labute approximate surface area is 274 Å². The fraction of sp³-hybridized carbons (Fsp3) is 0.344. The number of aromatic nitrogens is 1. The minimum absolute atomic E-state index is 0.0319. The second-order valence-electron chi connectivity index (χ2n) is 11.6. The van der Waals surface area contributed by atoms with E-state index in [1.165, 1.54) is 12.1 Å². The van der Waals surface area contributed by atoms with Gasteiger partial charge >= 0.3 is 12.1 Å². The maximum atomic E-state index is 14.0. The molecule has 0 fully saturated rings. The standard InChI is InChI=1S/C32H27F4N3O10/c33-17-9-18(34)28(36)30(27(17)35)46-12-22(41)20(10-25(42)43)37-31(44)15-7-21(40)26-19(3-1-14-5-6-39(11-15)29(14)26)38-32(45)49-16-2-4-23-24(8-16)48-13-47-23/h2,4-6,8-9,15,19-20,26H,1,3,7,10-13H2,(H,37,44)(H,38,45)(H,42,43). The van der Waals surface area contributed by atoms with Crippen LogP contribution in [0.15, 0.2) is 36.5 Å². The van der Waals surface area contributed by atoms with Gasteiger partial charge in [0, 0.05) is 43.0 Å². The predicted molar refractivity (Wildman–Crippen MR) is 155 cm³/mol. The molecule has 0 saturated carbocycles. The molecule has 3 N–H and O–H groups in total. The normalized spacial score (nSPS) is 19.7. The monoisotopic (exact) mass is 689 g/mol. The zero-order valence-electron chi connectivity index (χ0n) is 25.3. The lowest BCUT2D eigenvalue weighted by atomic mass is 9.79. The summed E-state index contributed by atoms with van der Waals surface area (Å²) in [6, 6.07) is 3.82. The van der Waals surface area contributed by atoms with Crippen molar-refractivity contribution in [2.75, 3.05) is 13.4 Å². The number of amides is 2. The van der Waals surface area contributed by atoms with Crippen LogP contribution in [0.4, 0.5) is 22.4 Å². The smallest absolute Gasteiger partial charge is 0.412 e. The zero-order valence-corrected chi connectivity index (χ0v) is 25.3. The molecule has 3 aliphatic rings. The first-order valence-electron chi connectivity index (χ1n) is 15.0. The van der Waals surface area contributed by atoms with Crippen LogP contribution in [-0.2, 0) is 32.1 Å². The number of aliphatic carboxylic acids is 1. The SMILES string of the molecule is O=C(O)CC(NC(=O)C1CC(=O)C2c3c(ccn3C1)CCC2NC(=O)Oc1ccc2c(c1)OCO2)C(=O)COc1c(F)c(F)cc(F)c1F. The minimum atomic E-state index is -1.91. The van der Waals surface area contributed by atoms with Crippen LogP contribution in [0, 0.1) is 29.2 Å². The van der Waals surface area contributed by atoms with Crippen LogP contribution in [-0.4, -0.2) is 64.7 Å². The summed E-state index contributed by atoms with van der Waals surface area (Å²) in [4.78, 5) is 64.4. The number of carbonyl (C=O) groups is 5. The van der Waals surface area contributed by atoms with Gasteiger partial charge in [-0.3, -0.25) is 19.2 Å². The van der Waals surface area contributed by atoms with Crippen molar-refractivity contribution in [1.82, 2.24) is 15.2 Å². The number of halogens is 4. The summed E-state index contributed by atoms with van der Waals surface area (Å²) in [5.41, 5.74) is 1.43. The number of Topliss-reactive ketones (excluding diaryl/α,β-unsaturated/α-hetero) is 2. The molecule has 2 aliphatic heterocycles. The number of nitrogens with one attached hydrogen (secondary N) is 2. The summed E-state index contributed by atoms with van der Waals surface area (Å²) in [5.74, 6) is -13.8. The second kappa shape index (κ2) is 13.5. The van der Waals surface area contributed by atoms with E-state index in [4.69, 9.17) is 14.2 Å². The van der Waals surface area contributed by atoms with Crippen molar-refractivity contribution in [2.24, 2.45) is 5.92 Å². The average molecular weight is 690 g/mol. The lowest BCUT2D eigenvalue weighted by Crippen LogP contribution is -2.47. The van der Waals surface area contributed by atoms with Crippen LogP contribution in [0.25, 0.3) is 0 Å². The maximum Gasteiger partial charge on any atom is 0.412 e. The summed E-state index contributed by atoms with van der Waals surface area (Å²) in [5, 5.41) is 14.4. The number of fused-ring (bicyclic) bond motifs is 1. The van der Waals surface area contributed by atoms with E-state index in [0.717, 1.165) is 5.56 Å². The molecule has 0 saturated heterocycles. The Bertz CT molecular complexity index is 1840. The van der Waals surface area contributed by atoms with E-state index >= 15 is 0 Å². The van der Waals surface area contributed by atoms with Crippen LogP contribution < -0.4 is 29.6 Å². The van der Waals surface area contributed by atoms with Gasteiger partial charge in [0.25, 0.3) is 0 Å². The Morgan fingerprint density at radius 1 is 1.02 bits per heavy atom. The van der Waals surface area contributed by atoms with Crippen LogP contribution in [0.5, 0.6) is 23.0 Å². The van der Waals surface area contributed by atoms with E-state index in [0.29, 0.717) is 30.0 Å². The van der Waals surface area contributed by atoms with Gasteiger partial charge in [-0.15, -0.1) is 0 Å². The van der Waals surface area contributed by atoms with E-state index in [1.54, 1.807) is 22.9 Å². The van der Waals surface area contributed by atoms with Crippen LogP contribution in [0.2, 0.25) is 0 Å². The first kappa shape index (κ1) is 33.3. The molecule has 0 bridgehead atoms. The zero-order chi connectivity index (χ0) is 35.0. The van der Waals surface area contributed by atoms with Gasteiger partial charge < -0.3 is 39.3 Å². The predicted octanol–water partition coefficient (Wildman–Crippen LogP) is 3.16. The highest BCUT2D eigenvalue weighted by Crippen LogP contribution is 2.39. The van der Waals surface area contributed by atoms with Crippen molar-refractivity contribution in [1.29, 1.82) is 0 Å². The minimum Gasteiger partial charge on any atom is -0.481 e. The molecular weight excluding hydrogens is 662 g/mol. The Kier molecular flexibility index (Phi) is 9.16. The molecule has 4 unspecified atom stereocenters. The Balaban J connectivity index is 1.14. The number of ketones is 2. The number of benzene rings is 2. The average Bonchev–Trinajstić information content (AvgIpc) is 3.65. The summed E-state index contributed by atoms with van der Waals surface area (Å²) in [7, 11) is 0. The lowest BCUT2D eigenvalue weighted by molar-refractivity contribution is -0.141. The molecule has 1 aromatic heterocycles. The Morgan fingerprint density at radius 2 is 1.76 bits per heavy atom. The summed E-state index contributed by atoms with van der Waals surface area (Å²) in [6.07, 6.45) is 0.413. The van der Waals surface area contributed by atoms with Gasteiger partial charge in [0.15, 0.2) is 34.7 Å². The van der Waals surface area contributed by atoms with E-state index < -0.39 is 95.5 Å². The quantitative estimate of drug-likeness (QED) is 0.212. The number of nitrogens with zero attached hydrogens (tertiary/aromatic N) is 1. The molecule has 49 heavy (non-hydrogen) atoms. The summed E-state index contributed by atoms with van der Waals surface area (Å²) < 4.78 is 77.4. The largest absolute Gasteiger partial charge is 0.481 e. The number of hydrogen-bond acceptors (Lipinski definition) is 9. The number of hydrogen-bond donors (Lipinski definition) is 3. The fourth-order valence-corrected chi connectivity index (χ4v) is 6.19. The van der Waals surface area contributed by atoms with Gasteiger partial charge in [-0.25, -0.2) is 13.6 Å². The fourth-order valence-electron chi connectivity index (χ4n) is 6.19. The van der Waals surface area contributed by atoms with Crippen LogP contribution >= 0.6 is 0 Å². The van der Waals surface area contributed by atoms with Crippen molar-refractivity contribution in [3.8, 4) is 23.0 Å². The molecule has 3 aromatic rings. The molecule has 3 heterocycles. The molecule has 17 heteroatoms. The van der Waals surface area contributed by atoms with Crippen LogP contribution in [0.3, 0.4) is 0 Å². The highest BCUT2D eigenvalue weighted by molar-refractivity contribution is 5.96. The number of carboxylic acids is 1. The molecule has 2 aromatic carbocycles. The molecule has 2 amide bonds. The van der Waals surface area contributed by atoms with E-state index in [-0.39, 0.29) is 31.6 Å². The maximum absolute atomic E-state index is 14.0. The van der Waals surface area contributed by atoms with Crippen molar-refractivity contribution in [3.05, 3.63) is 71.1 Å². The highest BCUT2D eigenvalue weighted by Gasteiger charge is 2.43. The molecule has 1 aliphatic carbocycles. The van der Waals surface area contributed by atoms with Gasteiger partial charge in [0.1, 0.15) is 24.2 Å². The molecular formula is C32H27F4N3O10. The van der Waals surface area contributed by atoms with Gasteiger partial charge in [-0.05, 0) is 36.6 Å². The molecule has 0 radical (unpaired) electrons. The topological polar surface area (TPSA) is 171 Å². The first-order chi connectivity index (χ1) is 23.4. The number of ether oxygens (including phenoxy) is 4. The molecule has 4 atom stereocenters. The third kappa shape index (κ3) is 6.86. The van der Waals surface area contributed by atoms with E-state index in [1.807, 2.05) is 0 Å². The third-order valence-corrected chi connectivity index (χ3v) is 8.47. The number of carboxylic acid groups (broad SMARTS) is 1. The number of aryl methyl sites for hydroxylation is 1. The van der Waals surface area contributed by atoms with Crippen molar-refractivity contribution in [2.45, 2.75) is 50.2 Å².